The summed E-state index contributed by atoms with van der Waals surface area (Å²) < 4.78 is 11.3. The summed E-state index contributed by atoms with van der Waals surface area (Å²) in [5, 5.41) is 3.66. The summed E-state index contributed by atoms with van der Waals surface area (Å²) in [6.45, 7) is 6.05. The van der Waals surface area contributed by atoms with Gasteiger partial charge < -0.3 is 14.8 Å². The second-order valence-corrected chi connectivity index (χ2v) is 11.0. The van der Waals surface area contributed by atoms with Gasteiger partial charge >= 0.3 is 5.97 Å². The van der Waals surface area contributed by atoms with Crippen molar-refractivity contribution in [2.24, 2.45) is 0 Å². The summed E-state index contributed by atoms with van der Waals surface area (Å²) in [6, 6.07) is 24.0. The van der Waals surface area contributed by atoms with Gasteiger partial charge in [0.15, 0.2) is 0 Å². The number of nitrogens with one attached hydrogen (secondary N) is 1. The van der Waals surface area contributed by atoms with Gasteiger partial charge in [0, 0.05) is 16.9 Å². The highest BCUT2D eigenvalue weighted by Gasteiger charge is 2.41. The minimum Gasteiger partial charge on any atom is -0.489 e. The van der Waals surface area contributed by atoms with Crippen LogP contribution in [0, 0.1) is 0 Å². The number of hydrogen-bond donors (Lipinski definition) is 1. The molecule has 0 aliphatic heterocycles. The molecule has 0 spiro atoms. The van der Waals surface area contributed by atoms with Gasteiger partial charge in [-0.1, -0.05) is 60.1 Å². The number of aryl methyl sites for hydroxylation is 1. The molecule has 37 heavy (non-hydrogen) atoms. The zero-order valence-electron chi connectivity index (χ0n) is 21.7. The van der Waals surface area contributed by atoms with Gasteiger partial charge in [0.05, 0.1) is 13.1 Å². The molecule has 0 saturated heterocycles. The summed E-state index contributed by atoms with van der Waals surface area (Å²) in [7, 11) is 0. The zero-order valence-corrected chi connectivity index (χ0v) is 22.4. The van der Waals surface area contributed by atoms with E-state index < -0.39 is 11.0 Å². The first-order valence-corrected chi connectivity index (χ1v) is 13.0. The first-order chi connectivity index (χ1) is 17.6. The van der Waals surface area contributed by atoms with E-state index >= 15 is 0 Å². The Bertz CT molecular complexity index is 1230. The van der Waals surface area contributed by atoms with Crippen molar-refractivity contribution >= 4 is 23.4 Å². The molecule has 0 saturated carbocycles. The summed E-state index contributed by atoms with van der Waals surface area (Å²) >= 11 is 6.28. The molecular weight excluding hydrogens is 486 g/mol. The minimum atomic E-state index is -0.557. The molecule has 1 N–H and O–H groups in total. The normalized spacial score (nSPS) is 16.8. The first-order valence-electron chi connectivity index (χ1n) is 12.7. The van der Waals surface area contributed by atoms with Crippen molar-refractivity contribution in [1.29, 1.82) is 0 Å². The molecule has 1 unspecified atom stereocenters. The lowest BCUT2D eigenvalue weighted by Gasteiger charge is -2.31. The number of rotatable bonds is 10. The second-order valence-electron chi connectivity index (χ2n) is 10.6. The van der Waals surface area contributed by atoms with Crippen LogP contribution in [-0.2, 0) is 32.8 Å². The highest BCUT2D eigenvalue weighted by Crippen LogP contribution is 2.47. The van der Waals surface area contributed by atoms with E-state index in [-0.39, 0.29) is 24.8 Å². The Morgan fingerprint density at radius 3 is 2.41 bits per heavy atom. The van der Waals surface area contributed by atoms with Crippen molar-refractivity contribution in [2.75, 3.05) is 13.1 Å². The molecule has 6 heteroatoms. The Balaban J connectivity index is 1.49. The molecule has 1 aliphatic carbocycles. The number of benzene rings is 3. The van der Waals surface area contributed by atoms with E-state index in [0.717, 1.165) is 35.3 Å². The van der Waals surface area contributed by atoms with Crippen LogP contribution in [0.4, 0.5) is 0 Å². The standard InChI is InChI=1S/C31H34ClNO4/c1-30(2,3)37-29(35)20-33-19-26(34)18-31(16-15-23-17-25(32)11-14-28(23)31)24-9-12-27(13-10-24)36-21-22-7-5-4-6-8-22/h4-14,17,33H,15-16,18-21H2,1-3H3. The lowest BCUT2D eigenvalue weighted by atomic mass is 9.72. The van der Waals surface area contributed by atoms with Crippen LogP contribution >= 0.6 is 11.6 Å². The maximum absolute atomic E-state index is 13.2. The van der Waals surface area contributed by atoms with E-state index in [9.17, 15) is 9.59 Å². The summed E-state index contributed by atoms with van der Waals surface area (Å²) in [4.78, 5) is 25.2. The first kappa shape index (κ1) is 26.9. The maximum Gasteiger partial charge on any atom is 0.320 e. The Labute approximate surface area is 224 Å². The number of fused-ring (bicyclic) bond motifs is 1. The van der Waals surface area contributed by atoms with Crippen molar-refractivity contribution in [3.8, 4) is 5.75 Å². The van der Waals surface area contributed by atoms with Crippen molar-refractivity contribution in [1.82, 2.24) is 5.32 Å². The van der Waals surface area contributed by atoms with Crippen LogP contribution in [0.3, 0.4) is 0 Å². The number of ether oxygens (including phenoxy) is 2. The molecule has 0 bridgehead atoms. The number of halogens is 1. The predicted octanol–water partition coefficient (Wildman–Crippen LogP) is 6.04. The summed E-state index contributed by atoms with van der Waals surface area (Å²) in [6.07, 6.45) is 1.98. The molecule has 4 rings (SSSR count). The molecule has 0 radical (unpaired) electrons. The minimum absolute atomic E-state index is 0.00431. The molecule has 194 valence electrons. The van der Waals surface area contributed by atoms with E-state index in [4.69, 9.17) is 21.1 Å². The summed E-state index contributed by atoms with van der Waals surface area (Å²) in [5.41, 5.74) is 3.47. The number of Topliss-reactive ketones (excluding diaryl/α,β-unsaturated/α-hetero) is 1. The van der Waals surface area contributed by atoms with Crippen molar-refractivity contribution in [3.05, 3.63) is 100 Å². The molecule has 0 amide bonds. The fourth-order valence-corrected chi connectivity index (χ4v) is 5.19. The number of carbonyl (C=O) groups excluding carboxylic acids is 2. The third kappa shape index (κ3) is 7.00. The highest BCUT2D eigenvalue weighted by molar-refractivity contribution is 6.30. The smallest absolute Gasteiger partial charge is 0.320 e. The number of esters is 1. The van der Waals surface area contributed by atoms with Gasteiger partial charge in [-0.25, -0.2) is 0 Å². The lowest BCUT2D eigenvalue weighted by molar-refractivity contribution is -0.153. The average Bonchev–Trinajstić information content (AvgIpc) is 3.20. The SMILES string of the molecule is CC(C)(C)OC(=O)CNCC(=O)CC1(c2ccc(OCc3ccccc3)cc2)CCc2cc(Cl)ccc21. The number of hydrogen-bond acceptors (Lipinski definition) is 5. The topological polar surface area (TPSA) is 64.6 Å². The molecule has 5 nitrogen and oxygen atoms in total. The highest BCUT2D eigenvalue weighted by atomic mass is 35.5. The lowest BCUT2D eigenvalue weighted by Crippen LogP contribution is -2.36. The number of ketones is 1. The van der Waals surface area contributed by atoms with Gasteiger partial charge in [-0.15, -0.1) is 0 Å². The van der Waals surface area contributed by atoms with E-state index in [0.29, 0.717) is 18.1 Å². The molecule has 0 fully saturated rings. The molecule has 1 atom stereocenters. The third-order valence-electron chi connectivity index (χ3n) is 6.57. The quantitative estimate of drug-likeness (QED) is 0.331. The van der Waals surface area contributed by atoms with Crippen LogP contribution < -0.4 is 10.1 Å². The van der Waals surface area contributed by atoms with Crippen LogP contribution in [0.15, 0.2) is 72.8 Å². The third-order valence-corrected chi connectivity index (χ3v) is 6.80. The van der Waals surface area contributed by atoms with Crippen LogP contribution in [0.2, 0.25) is 5.02 Å². The van der Waals surface area contributed by atoms with E-state index in [1.165, 1.54) is 5.56 Å². The molecular formula is C31H34ClNO4. The van der Waals surface area contributed by atoms with Crippen molar-refractivity contribution in [3.63, 3.8) is 0 Å². The van der Waals surface area contributed by atoms with Gasteiger partial charge in [0.1, 0.15) is 23.7 Å². The predicted molar refractivity (Wildman–Crippen MR) is 146 cm³/mol. The van der Waals surface area contributed by atoms with Gasteiger partial charge in [-0.3, -0.25) is 9.59 Å². The second kappa shape index (κ2) is 11.5. The van der Waals surface area contributed by atoms with Crippen LogP contribution in [0.25, 0.3) is 0 Å². The molecule has 0 aromatic heterocycles. The van der Waals surface area contributed by atoms with E-state index in [2.05, 4.69) is 17.4 Å². The van der Waals surface area contributed by atoms with Gasteiger partial charge in [0.2, 0.25) is 0 Å². The Hall–Kier alpha value is -3.15. The Morgan fingerprint density at radius 1 is 0.973 bits per heavy atom. The Kier molecular flexibility index (Phi) is 8.35. The van der Waals surface area contributed by atoms with E-state index in [1.54, 1.807) is 0 Å². The molecule has 1 aliphatic rings. The van der Waals surface area contributed by atoms with Gasteiger partial charge in [-0.2, -0.15) is 0 Å². The monoisotopic (exact) mass is 519 g/mol. The van der Waals surface area contributed by atoms with Gasteiger partial charge in [-0.05, 0) is 80.1 Å². The largest absolute Gasteiger partial charge is 0.489 e. The molecule has 3 aromatic rings. The van der Waals surface area contributed by atoms with Crippen molar-refractivity contribution < 1.29 is 19.1 Å². The van der Waals surface area contributed by atoms with Gasteiger partial charge in [0.25, 0.3) is 0 Å². The van der Waals surface area contributed by atoms with Crippen LogP contribution in [-0.4, -0.2) is 30.4 Å². The van der Waals surface area contributed by atoms with Crippen LogP contribution in [0.5, 0.6) is 5.75 Å². The fourth-order valence-electron chi connectivity index (χ4n) is 5.00. The molecule has 0 heterocycles. The zero-order chi connectivity index (χ0) is 26.5. The number of carbonyl (C=O) groups is 2. The average molecular weight is 520 g/mol. The van der Waals surface area contributed by atoms with Crippen molar-refractivity contribution in [2.45, 2.75) is 57.7 Å². The van der Waals surface area contributed by atoms with E-state index in [1.807, 2.05) is 81.4 Å². The van der Waals surface area contributed by atoms with Crippen LogP contribution in [0.1, 0.15) is 55.9 Å². The Morgan fingerprint density at radius 2 is 1.70 bits per heavy atom. The summed E-state index contributed by atoms with van der Waals surface area (Å²) in [5.74, 6) is 0.445. The molecule has 3 aromatic carbocycles. The maximum atomic E-state index is 13.2. The fraction of sp³-hybridized carbons (Fsp3) is 0.355.